The summed E-state index contributed by atoms with van der Waals surface area (Å²) in [6.45, 7) is 5.24. The van der Waals surface area contributed by atoms with Crippen molar-refractivity contribution in [3.63, 3.8) is 0 Å². The second kappa shape index (κ2) is 9.59. The van der Waals surface area contributed by atoms with Gasteiger partial charge < -0.3 is 15.4 Å². The van der Waals surface area contributed by atoms with Gasteiger partial charge in [-0.05, 0) is 62.1 Å². The molecule has 156 valence electrons. The Bertz CT molecular complexity index is 819. The van der Waals surface area contributed by atoms with Crippen LogP contribution in [0.1, 0.15) is 48.6 Å². The number of pyridine rings is 1. The van der Waals surface area contributed by atoms with Crippen molar-refractivity contribution in [3.8, 4) is 5.88 Å². The van der Waals surface area contributed by atoms with Crippen LogP contribution < -0.4 is 15.4 Å². The Morgan fingerprint density at radius 3 is 3.07 bits per heavy atom. The zero-order valence-corrected chi connectivity index (χ0v) is 17.8. The van der Waals surface area contributed by atoms with E-state index in [0.717, 1.165) is 37.9 Å². The molecule has 0 spiro atoms. The van der Waals surface area contributed by atoms with Crippen LogP contribution in [0, 0.1) is 0 Å². The molecule has 0 unspecified atom stereocenters. The third-order valence-corrected chi connectivity index (χ3v) is 6.91. The van der Waals surface area contributed by atoms with Crippen molar-refractivity contribution < 1.29 is 9.53 Å². The summed E-state index contributed by atoms with van der Waals surface area (Å²) in [6, 6.07) is 6.21. The van der Waals surface area contributed by atoms with Crippen molar-refractivity contribution in [2.45, 2.75) is 64.3 Å². The number of ether oxygens (including phenoxy) is 1. The van der Waals surface area contributed by atoms with Gasteiger partial charge in [0.25, 0.3) is 0 Å². The highest BCUT2D eigenvalue weighted by Crippen LogP contribution is 2.26. The monoisotopic (exact) mass is 414 g/mol. The first-order chi connectivity index (χ1) is 14.2. The van der Waals surface area contributed by atoms with E-state index >= 15 is 0 Å². The Balaban J connectivity index is 1.22. The van der Waals surface area contributed by atoms with Gasteiger partial charge in [0.1, 0.15) is 6.10 Å². The summed E-state index contributed by atoms with van der Waals surface area (Å²) in [5.41, 5.74) is 2.35. The minimum Gasteiger partial charge on any atom is -0.474 e. The number of carbonyl (C=O) groups excluding carboxylic acids is 1. The second-order valence-electron chi connectivity index (χ2n) is 7.99. The Hall–Kier alpha value is -2.12. The van der Waals surface area contributed by atoms with Gasteiger partial charge in [0.2, 0.25) is 5.88 Å². The average Bonchev–Trinajstić information content (AvgIpc) is 3.42. The standard InChI is InChI=1S/C22H30N4O2S/c1-16(26-11-8-20-18(15-26)9-12-29-20)13-24-22(27)25-14-17-5-4-10-23-21(17)28-19-6-2-3-7-19/h4-5,9-10,12,16,19H,2-3,6-8,11,13-15H2,1H3,(H2,24,25,27)/t16-/m0/s1. The van der Waals surface area contributed by atoms with E-state index in [1.165, 1.54) is 23.3 Å². The van der Waals surface area contributed by atoms with Crippen LogP contribution in [0.25, 0.3) is 0 Å². The van der Waals surface area contributed by atoms with Crippen molar-refractivity contribution in [1.82, 2.24) is 20.5 Å². The van der Waals surface area contributed by atoms with Crippen LogP contribution in [0.3, 0.4) is 0 Å². The number of hydrogen-bond donors (Lipinski definition) is 2. The zero-order valence-electron chi connectivity index (χ0n) is 17.0. The van der Waals surface area contributed by atoms with Crippen molar-refractivity contribution in [2.75, 3.05) is 13.1 Å². The molecular formula is C22H30N4O2S. The molecule has 3 heterocycles. The molecule has 7 heteroatoms. The molecule has 0 bridgehead atoms. The van der Waals surface area contributed by atoms with E-state index in [9.17, 15) is 4.79 Å². The van der Waals surface area contributed by atoms with E-state index in [1.54, 1.807) is 6.20 Å². The van der Waals surface area contributed by atoms with Crippen LogP contribution in [-0.4, -0.2) is 41.2 Å². The lowest BCUT2D eigenvalue weighted by molar-refractivity contribution is 0.186. The number of carbonyl (C=O) groups is 1. The van der Waals surface area contributed by atoms with Crippen LogP contribution in [0.2, 0.25) is 0 Å². The highest BCUT2D eigenvalue weighted by Gasteiger charge is 2.22. The van der Waals surface area contributed by atoms with Gasteiger partial charge in [-0.3, -0.25) is 4.90 Å². The van der Waals surface area contributed by atoms with Gasteiger partial charge in [-0.1, -0.05) is 6.07 Å². The molecule has 1 aliphatic heterocycles. The third kappa shape index (κ3) is 5.28. The minimum atomic E-state index is -0.152. The van der Waals surface area contributed by atoms with Crippen molar-refractivity contribution >= 4 is 17.4 Å². The summed E-state index contributed by atoms with van der Waals surface area (Å²) >= 11 is 1.85. The molecule has 2 aromatic rings. The van der Waals surface area contributed by atoms with Gasteiger partial charge >= 0.3 is 6.03 Å². The molecule has 1 fully saturated rings. The lowest BCUT2D eigenvalue weighted by atomic mass is 10.1. The van der Waals surface area contributed by atoms with E-state index < -0.39 is 0 Å². The first-order valence-electron chi connectivity index (χ1n) is 10.6. The second-order valence-corrected chi connectivity index (χ2v) is 8.99. The SMILES string of the molecule is C[C@@H](CNC(=O)NCc1cccnc1OC1CCCC1)N1CCc2sccc2C1. The molecule has 0 aromatic carbocycles. The first-order valence-corrected chi connectivity index (χ1v) is 11.5. The molecule has 1 atom stereocenters. The van der Waals surface area contributed by atoms with Crippen molar-refractivity contribution in [3.05, 3.63) is 45.8 Å². The number of nitrogens with one attached hydrogen (secondary N) is 2. The number of rotatable bonds is 7. The maximum absolute atomic E-state index is 12.3. The lowest BCUT2D eigenvalue weighted by Crippen LogP contribution is -2.46. The van der Waals surface area contributed by atoms with Crippen LogP contribution in [0.4, 0.5) is 4.79 Å². The predicted molar refractivity (Wildman–Crippen MR) is 115 cm³/mol. The molecule has 29 heavy (non-hydrogen) atoms. The number of amides is 2. The average molecular weight is 415 g/mol. The van der Waals surface area contributed by atoms with Gasteiger partial charge in [0.05, 0.1) is 0 Å². The van der Waals surface area contributed by atoms with E-state index in [1.807, 2.05) is 23.5 Å². The Kier molecular flexibility index (Phi) is 6.67. The maximum Gasteiger partial charge on any atom is 0.315 e. The van der Waals surface area contributed by atoms with Gasteiger partial charge in [0, 0.05) is 48.9 Å². The first kappa shape index (κ1) is 20.2. The number of fused-ring (bicyclic) bond motifs is 1. The Morgan fingerprint density at radius 2 is 2.21 bits per heavy atom. The van der Waals surface area contributed by atoms with E-state index in [0.29, 0.717) is 25.0 Å². The molecule has 6 nitrogen and oxygen atoms in total. The highest BCUT2D eigenvalue weighted by molar-refractivity contribution is 7.10. The lowest BCUT2D eigenvalue weighted by Gasteiger charge is -2.32. The number of nitrogens with zero attached hydrogens (tertiary/aromatic N) is 2. The summed E-state index contributed by atoms with van der Waals surface area (Å²) < 4.78 is 6.05. The molecule has 0 radical (unpaired) electrons. The molecule has 0 saturated heterocycles. The van der Waals surface area contributed by atoms with Gasteiger partial charge in [-0.25, -0.2) is 9.78 Å². The molecule has 2 aromatic heterocycles. The molecule has 2 amide bonds. The Morgan fingerprint density at radius 1 is 1.34 bits per heavy atom. The summed E-state index contributed by atoms with van der Waals surface area (Å²) in [6.07, 6.45) is 7.72. The fourth-order valence-corrected chi connectivity index (χ4v) is 4.97. The molecule has 2 aliphatic rings. The summed E-state index contributed by atoms with van der Waals surface area (Å²) in [4.78, 5) is 20.6. The fourth-order valence-electron chi connectivity index (χ4n) is 4.08. The summed E-state index contributed by atoms with van der Waals surface area (Å²) in [5, 5.41) is 8.13. The predicted octanol–water partition coefficient (Wildman–Crippen LogP) is 3.71. The smallest absolute Gasteiger partial charge is 0.315 e. The number of aromatic nitrogens is 1. The van der Waals surface area contributed by atoms with E-state index in [4.69, 9.17) is 4.74 Å². The maximum atomic E-state index is 12.3. The summed E-state index contributed by atoms with van der Waals surface area (Å²) in [5.74, 6) is 0.646. The highest BCUT2D eigenvalue weighted by atomic mass is 32.1. The topological polar surface area (TPSA) is 66.5 Å². The molecule has 1 aliphatic carbocycles. The van der Waals surface area contributed by atoms with Crippen molar-refractivity contribution in [2.24, 2.45) is 0 Å². The number of hydrogen-bond acceptors (Lipinski definition) is 5. The normalized spacial score (nSPS) is 18.2. The molecular weight excluding hydrogens is 384 g/mol. The number of urea groups is 1. The minimum absolute atomic E-state index is 0.152. The molecule has 4 rings (SSSR count). The number of thiophene rings is 1. The molecule has 1 saturated carbocycles. The largest absolute Gasteiger partial charge is 0.474 e. The summed E-state index contributed by atoms with van der Waals surface area (Å²) in [7, 11) is 0. The zero-order chi connectivity index (χ0) is 20.1. The van der Waals surface area contributed by atoms with E-state index in [2.05, 4.69) is 38.9 Å². The van der Waals surface area contributed by atoms with Gasteiger partial charge in [0.15, 0.2) is 0 Å². The van der Waals surface area contributed by atoms with Gasteiger partial charge in [-0.15, -0.1) is 11.3 Å². The molecule has 2 N–H and O–H groups in total. The third-order valence-electron chi connectivity index (χ3n) is 5.89. The van der Waals surface area contributed by atoms with Crippen LogP contribution in [-0.2, 0) is 19.5 Å². The fraction of sp³-hybridized carbons (Fsp3) is 0.545. The quantitative estimate of drug-likeness (QED) is 0.725. The Labute approximate surface area is 176 Å². The van der Waals surface area contributed by atoms with E-state index in [-0.39, 0.29) is 12.1 Å². The van der Waals surface area contributed by atoms with Gasteiger partial charge in [-0.2, -0.15) is 0 Å². The van der Waals surface area contributed by atoms with Crippen LogP contribution in [0.5, 0.6) is 5.88 Å². The van der Waals surface area contributed by atoms with Crippen LogP contribution >= 0.6 is 11.3 Å². The van der Waals surface area contributed by atoms with Crippen molar-refractivity contribution in [1.29, 1.82) is 0 Å². The van der Waals surface area contributed by atoms with Crippen LogP contribution in [0.15, 0.2) is 29.8 Å².